The summed E-state index contributed by atoms with van der Waals surface area (Å²) in [6.07, 6.45) is 3.12. The average Bonchev–Trinajstić information content (AvgIpc) is 2.86. The Hall–Kier alpha value is 0.570. The van der Waals surface area contributed by atoms with Crippen LogP contribution in [-0.2, 0) is 10.0 Å². The van der Waals surface area contributed by atoms with Crippen molar-refractivity contribution in [2.75, 3.05) is 5.33 Å². The number of sulfonamides is 1. The van der Waals surface area contributed by atoms with Gasteiger partial charge in [-0.2, -0.15) is 0 Å². The van der Waals surface area contributed by atoms with Gasteiger partial charge in [-0.1, -0.05) is 22.4 Å². The van der Waals surface area contributed by atoms with Gasteiger partial charge in [0.05, 0.1) is 3.79 Å². The van der Waals surface area contributed by atoms with Crippen LogP contribution in [0.4, 0.5) is 0 Å². The molecule has 1 aliphatic carbocycles. The summed E-state index contributed by atoms with van der Waals surface area (Å²) in [5, 5.41) is 0.855. The zero-order valence-corrected chi connectivity index (χ0v) is 13.8. The Morgan fingerprint density at radius 3 is 2.76 bits per heavy atom. The van der Waals surface area contributed by atoms with E-state index < -0.39 is 10.0 Å². The molecule has 0 radical (unpaired) electrons. The minimum absolute atomic E-state index is 0.0697. The van der Waals surface area contributed by atoms with E-state index in [0.717, 1.165) is 28.4 Å². The Bertz CT molecular complexity index is 486. The van der Waals surface area contributed by atoms with E-state index in [1.807, 2.05) is 0 Å². The summed E-state index contributed by atoms with van der Waals surface area (Å²) in [6, 6.07) is 3.46. The van der Waals surface area contributed by atoms with Crippen LogP contribution in [0.15, 0.2) is 20.1 Å². The highest BCUT2D eigenvalue weighted by molar-refractivity contribution is 9.11. The number of hydrogen-bond donors (Lipinski definition) is 1. The standard InChI is InChI=1S/C10H13Br2NO2S2/c11-6-7-2-1-3-8(7)13-17(14,15)10-5-4-9(12)16-10/h4-5,7-8,13H,1-3,6H2. The number of nitrogens with one attached hydrogen (secondary N) is 1. The second kappa shape index (κ2) is 5.69. The smallest absolute Gasteiger partial charge is 0.207 e. The van der Waals surface area contributed by atoms with E-state index in [2.05, 4.69) is 36.6 Å². The van der Waals surface area contributed by atoms with E-state index in [1.54, 1.807) is 12.1 Å². The van der Waals surface area contributed by atoms with Crippen molar-refractivity contribution in [1.82, 2.24) is 4.72 Å². The van der Waals surface area contributed by atoms with E-state index in [4.69, 9.17) is 0 Å². The molecule has 2 unspecified atom stereocenters. The van der Waals surface area contributed by atoms with Crippen LogP contribution in [0.3, 0.4) is 0 Å². The fraction of sp³-hybridized carbons (Fsp3) is 0.600. The number of hydrogen-bond acceptors (Lipinski definition) is 3. The van der Waals surface area contributed by atoms with Crippen LogP contribution >= 0.6 is 43.2 Å². The summed E-state index contributed by atoms with van der Waals surface area (Å²) >= 11 is 7.97. The van der Waals surface area contributed by atoms with Crippen molar-refractivity contribution >= 4 is 53.2 Å². The van der Waals surface area contributed by atoms with Gasteiger partial charge in [0.25, 0.3) is 0 Å². The molecular formula is C10H13Br2NO2S2. The minimum atomic E-state index is -3.35. The molecule has 96 valence electrons. The molecule has 17 heavy (non-hydrogen) atoms. The SMILES string of the molecule is O=S(=O)(NC1CCCC1CBr)c1ccc(Br)s1. The fourth-order valence-corrected chi connectivity index (χ4v) is 6.22. The summed E-state index contributed by atoms with van der Waals surface area (Å²) in [5.74, 6) is 0.410. The van der Waals surface area contributed by atoms with E-state index in [1.165, 1.54) is 11.3 Å². The van der Waals surface area contributed by atoms with Gasteiger partial charge in [0.1, 0.15) is 4.21 Å². The molecule has 0 aromatic carbocycles. The summed E-state index contributed by atoms with van der Waals surface area (Å²) in [7, 11) is -3.35. The maximum Gasteiger partial charge on any atom is 0.250 e. The van der Waals surface area contributed by atoms with Crippen LogP contribution in [0.25, 0.3) is 0 Å². The van der Waals surface area contributed by atoms with Crippen molar-refractivity contribution in [3.63, 3.8) is 0 Å². The lowest BCUT2D eigenvalue weighted by atomic mass is 10.1. The van der Waals surface area contributed by atoms with E-state index in [0.29, 0.717) is 10.1 Å². The van der Waals surface area contributed by atoms with Gasteiger partial charge in [0.2, 0.25) is 10.0 Å². The zero-order chi connectivity index (χ0) is 12.5. The number of rotatable bonds is 4. The van der Waals surface area contributed by atoms with Crippen LogP contribution in [0.2, 0.25) is 0 Å². The van der Waals surface area contributed by atoms with E-state index in [-0.39, 0.29) is 6.04 Å². The Balaban J connectivity index is 2.12. The molecule has 2 atom stereocenters. The normalized spacial score (nSPS) is 25.3. The third-order valence-electron chi connectivity index (χ3n) is 2.98. The molecule has 1 aliphatic rings. The van der Waals surface area contributed by atoms with Gasteiger partial charge in [-0.15, -0.1) is 11.3 Å². The molecule has 1 fully saturated rings. The molecule has 1 saturated carbocycles. The second-order valence-corrected chi connectivity index (χ2v) is 9.18. The number of thiophene rings is 1. The molecule has 7 heteroatoms. The molecule has 0 bridgehead atoms. The predicted molar refractivity (Wildman–Crippen MR) is 77.3 cm³/mol. The molecule has 0 aliphatic heterocycles. The molecule has 1 aromatic rings. The monoisotopic (exact) mass is 401 g/mol. The van der Waals surface area contributed by atoms with Crippen molar-refractivity contribution in [1.29, 1.82) is 0 Å². The van der Waals surface area contributed by atoms with Crippen molar-refractivity contribution in [2.45, 2.75) is 29.5 Å². The summed E-state index contributed by atoms with van der Waals surface area (Å²) < 4.78 is 28.3. The summed E-state index contributed by atoms with van der Waals surface area (Å²) in [4.78, 5) is 0. The van der Waals surface area contributed by atoms with Crippen LogP contribution in [0.1, 0.15) is 19.3 Å². The highest BCUT2D eigenvalue weighted by atomic mass is 79.9. The molecule has 1 heterocycles. The van der Waals surface area contributed by atoms with Crippen LogP contribution in [0.5, 0.6) is 0 Å². The molecule has 0 saturated heterocycles. The maximum absolute atomic E-state index is 12.1. The lowest BCUT2D eigenvalue weighted by Crippen LogP contribution is -2.37. The van der Waals surface area contributed by atoms with Gasteiger partial charge in [0.15, 0.2) is 0 Å². The topological polar surface area (TPSA) is 46.2 Å². The Morgan fingerprint density at radius 2 is 2.18 bits per heavy atom. The van der Waals surface area contributed by atoms with Crippen molar-refractivity contribution < 1.29 is 8.42 Å². The molecule has 0 amide bonds. The Labute approximate surface area is 122 Å². The van der Waals surface area contributed by atoms with Gasteiger partial charge >= 0.3 is 0 Å². The van der Waals surface area contributed by atoms with Gasteiger partial charge in [0, 0.05) is 11.4 Å². The first-order valence-electron chi connectivity index (χ1n) is 5.36. The molecule has 0 spiro atoms. The molecule has 2 rings (SSSR count). The maximum atomic E-state index is 12.1. The van der Waals surface area contributed by atoms with Gasteiger partial charge in [-0.05, 0) is 46.8 Å². The average molecular weight is 403 g/mol. The fourth-order valence-electron chi connectivity index (χ4n) is 2.08. The third-order valence-corrected chi connectivity index (χ3v) is 7.41. The van der Waals surface area contributed by atoms with Gasteiger partial charge in [-0.3, -0.25) is 0 Å². The first-order chi connectivity index (χ1) is 8.03. The zero-order valence-electron chi connectivity index (χ0n) is 9.03. The quantitative estimate of drug-likeness (QED) is 0.785. The Kier molecular flexibility index (Phi) is 4.68. The summed E-state index contributed by atoms with van der Waals surface area (Å²) in [5.41, 5.74) is 0. The third kappa shape index (κ3) is 3.32. The molecule has 3 nitrogen and oxygen atoms in total. The largest absolute Gasteiger partial charge is 0.250 e. The van der Waals surface area contributed by atoms with Crippen molar-refractivity contribution in [3.05, 3.63) is 15.9 Å². The van der Waals surface area contributed by atoms with Crippen LogP contribution in [0, 0.1) is 5.92 Å². The minimum Gasteiger partial charge on any atom is -0.207 e. The first kappa shape index (κ1) is 14.0. The number of halogens is 2. The van der Waals surface area contributed by atoms with Crippen LogP contribution < -0.4 is 4.72 Å². The van der Waals surface area contributed by atoms with E-state index in [9.17, 15) is 8.42 Å². The highest BCUT2D eigenvalue weighted by Gasteiger charge is 2.30. The predicted octanol–water partition coefficient (Wildman–Crippen LogP) is 3.35. The second-order valence-electron chi connectivity index (χ2n) is 4.13. The van der Waals surface area contributed by atoms with Gasteiger partial charge < -0.3 is 0 Å². The van der Waals surface area contributed by atoms with Crippen molar-refractivity contribution in [3.8, 4) is 0 Å². The summed E-state index contributed by atoms with van der Waals surface area (Å²) in [6.45, 7) is 0. The van der Waals surface area contributed by atoms with Crippen LogP contribution in [-0.4, -0.2) is 19.8 Å². The molecular weight excluding hydrogens is 390 g/mol. The van der Waals surface area contributed by atoms with Gasteiger partial charge in [-0.25, -0.2) is 13.1 Å². The van der Waals surface area contributed by atoms with Crippen molar-refractivity contribution in [2.24, 2.45) is 5.92 Å². The highest BCUT2D eigenvalue weighted by Crippen LogP contribution is 2.30. The lowest BCUT2D eigenvalue weighted by Gasteiger charge is -2.18. The van der Waals surface area contributed by atoms with E-state index >= 15 is 0 Å². The molecule has 1 aromatic heterocycles. The first-order valence-corrected chi connectivity index (χ1v) is 9.58. The Morgan fingerprint density at radius 1 is 1.41 bits per heavy atom. The number of alkyl halides is 1. The molecule has 1 N–H and O–H groups in total. The lowest BCUT2D eigenvalue weighted by molar-refractivity contribution is 0.485.